The fourth-order valence-corrected chi connectivity index (χ4v) is 1.54. The first kappa shape index (κ1) is 9.96. The summed E-state index contributed by atoms with van der Waals surface area (Å²) in [5, 5.41) is 12.0. The molecule has 2 N–H and O–H groups in total. The maximum absolute atomic E-state index is 8.67. The zero-order chi connectivity index (χ0) is 8.81. The summed E-state index contributed by atoms with van der Waals surface area (Å²) in [7, 11) is 0. The number of hydrogen-bond acceptors (Lipinski definition) is 3. The Morgan fingerprint density at radius 3 is 2.67 bits per heavy atom. The number of aliphatic hydroxyl groups is 1. The lowest BCUT2D eigenvalue weighted by molar-refractivity contribution is 0.226. The summed E-state index contributed by atoms with van der Waals surface area (Å²) >= 11 is 0. The van der Waals surface area contributed by atoms with E-state index in [1.165, 1.54) is 6.04 Å². The van der Waals surface area contributed by atoms with Crippen molar-refractivity contribution in [2.24, 2.45) is 0 Å². The molecule has 0 aromatic carbocycles. The third kappa shape index (κ3) is 3.09. The Kier molecular flexibility index (Phi) is 4.58. The monoisotopic (exact) mass is 171 g/mol. The second-order valence-corrected chi connectivity index (χ2v) is 3.30. The topological polar surface area (TPSA) is 35.5 Å². The number of hydrogen-bond donors (Lipinski definition) is 2. The molecule has 0 amide bonds. The van der Waals surface area contributed by atoms with Gasteiger partial charge in [0.15, 0.2) is 0 Å². The fourth-order valence-electron chi connectivity index (χ4n) is 1.54. The zero-order valence-corrected chi connectivity index (χ0v) is 7.84. The first-order valence-corrected chi connectivity index (χ1v) is 4.73. The third-order valence-electron chi connectivity index (χ3n) is 2.35. The lowest BCUT2D eigenvalue weighted by atomic mass is 10.1. The van der Waals surface area contributed by atoms with Crippen molar-refractivity contribution in [1.29, 1.82) is 0 Å². The fraction of sp³-hybridized carbons (Fsp3) is 0.889. The van der Waals surface area contributed by atoms with Crippen LogP contribution in [0.1, 0.15) is 19.8 Å². The molecule has 0 bridgehead atoms. The highest BCUT2D eigenvalue weighted by Crippen LogP contribution is 2.14. The molecule has 3 nitrogen and oxygen atoms in total. The number of aliphatic hydroxyl groups excluding tert-OH is 1. The summed E-state index contributed by atoms with van der Waals surface area (Å²) in [5.74, 6) is 0. The zero-order valence-electron chi connectivity index (χ0n) is 7.84. The van der Waals surface area contributed by atoms with Gasteiger partial charge in [-0.15, -0.1) is 0 Å². The summed E-state index contributed by atoms with van der Waals surface area (Å²) in [5.41, 5.74) is 0. The quantitative estimate of drug-likeness (QED) is 0.635. The van der Waals surface area contributed by atoms with Gasteiger partial charge in [0.05, 0.1) is 0 Å². The van der Waals surface area contributed by atoms with Crippen molar-refractivity contribution in [3.8, 4) is 0 Å². The predicted molar refractivity (Wildman–Crippen MR) is 49.7 cm³/mol. The Balaban J connectivity index is 2.15. The van der Waals surface area contributed by atoms with Crippen LogP contribution in [0.3, 0.4) is 0 Å². The maximum Gasteiger partial charge on any atom is 0.0431 e. The van der Waals surface area contributed by atoms with Gasteiger partial charge in [0, 0.05) is 38.8 Å². The molecule has 0 saturated carbocycles. The average molecular weight is 171 g/mol. The van der Waals surface area contributed by atoms with Gasteiger partial charge < -0.3 is 10.4 Å². The van der Waals surface area contributed by atoms with Gasteiger partial charge in [0.25, 0.3) is 0 Å². The molecule has 0 aromatic rings. The van der Waals surface area contributed by atoms with Crippen LogP contribution in [-0.2, 0) is 0 Å². The van der Waals surface area contributed by atoms with Gasteiger partial charge in [-0.3, -0.25) is 4.90 Å². The van der Waals surface area contributed by atoms with Gasteiger partial charge in [-0.1, -0.05) is 0 Å². The summed E-state index contributed by atoms with van der Waals surface area (Å²) in [6, 6.07) is 1.42. The molecule has 0 spiro atoms. The second kappa shape index (κ2) is 5.51. The molecule has 1 rings (SSSR count). The number of nitrogens with one attached hydrogen (secondary N) is 1. The van der Waals surface area contributed by atoms with Crippen molar-refractivity contribution in [3.63, 3.8) is 0 Å². The SMILES string of the molecule is C[C](CCCO)N1CCNCC1. The van der Waals surface area contributed by atoms with Gasteiger partial charge in [-0.05, 0) is 19.8 Å². The van der Waals surface area contributed by atoms with E-state index in [9.17, 15) is 0 Å². The van der Waals surface area contributed by atoms with Crippen LogP contribution in [0, 0.1) is 6.04 Å². The highest BCUT2D eigenvalue weighted by Gasteiger charge is 2.15. The Labute approximate surface area is 74.8 Å². The molecule has 1 radical (unpaired) electrons. The van der Waals surface area contributed by atoms with E-state index >= 15 is 0 Å². The minimum atomic E-state index is 0.309. The molecular formula is C9H19N2O. The van der Waals surface area contributed by atoms with E-state index in [-0.39, 0.29) is 0 Å². The first-order chi connectivity index (χ1) is 5.84. The lowest BCUT2D eigenvalue weighted by Crippen LogP contribution is -2.44. The highest BCUT2D eigenvalue weighted by molar-refractivity contribution is 4.87. The molecule has 3 heteroatoms. The largest absolute Gasteiger partial charge is 0.396 e. The molecule has 1 aliphatic heterocycles. The lowest BCUT2D eigenvalue weighted by Gasteiger charge is -2.32. The van der Waals surface area contributed by atoms with E-state index in [4.69, 9.17) is 5.11 Å². The van der Waals surface area contributed by atoms with Crippen LogP contribution in [0.15, 0.2) is 0 Å². The van der Waals surface area contributed by atoms with Gasteiger partial charge >= 0.3 is 0 Å². The third-order valence-corrected chi connectivity index (χ3v) is 2.35. The summed E-state index contributed by atoms with van der Waals surface area (Å²) < 4.78 is 0. The van der Waals surface area contributed by atoms with Gasteiger partial charge in [0.2, 0.25) is 0 Å². The van der Waals surface area contributed by atoms with Crippen LogP contribution >= 0.6 is 0 Å². The van der Waals surface area contributed by atoms with Crippen molar-refractivity contribution in [2.45, 2.75) is 19.8 Å². The Morgan fingerprint density at radius 2 is 2.08 bits per heavy atom. The van der Waals surface area contributed by atoms with Crippen molar-refractivity contribution in [2.75, 3.05) is 32.8 Å². The molecule has 1 aliphatic rings. The summed E-state index contributed by atoms with van der Waals surface area (Å²) in [6.07, 6.45) is 1.94. The molecule has 1 saturated heterocycles. The minimum Gasteiger partial charge on any atom is -0.396 e. The van der Waals surface area contributed by atoms with Crippen LogP contribution in [0.2, 0.25) is 0 Å². The van der Waals surface area contributed by atoms with E-state index < -0.39 is 0 Å². The molecule has 0 aromatic heterocycles. The normalized spacial score (nSPS) is 20.2. The second-order valence-electron chi connectivity index (χ2n) is 3.30. The molecule has 1 fully saturated rings. The van der Waals surface area contributed by atoms with E-state index in [0.717, 1.165) is 39.0 Å². The van der Waals surface area contributed by atoms with Crippen LogP contribution < -0.4 is 5.32 Å². The van der Waals surface area contributed by atoms with Gasteiger partial charge in [-0.2, -0.15) is 0 Å². The van der Waals surface area contributed by atoms with Crippen LogP contribution in [-0.4, -0.2) is 42.8 Å². The summed E-state index contributed by atoms with van der Waals surface area (Å²) in [4.78, 5) is 2.41. The van der Waals surface area contributed by atoms with Crippen molar-refractivity contribution in [3.05, 3.63) is 6.04 Å². The molecule has 0 aliphatic carbocycles. The van der Waals surface area contributed by atoms with Crippen molar-refractivity contribution in [1.82, 2.24) is 10.2 Å². The van der Waals surface area contributed by atoms with Gasteiger partial charge in [-0.25, -0.2) is 0 Å². The number of piperazine rings is 1. The van der Waals surface area contributed by atoms with Crippen molar-refractivity contribution >= 4 is 0 Å². The highest BCUT2D eigenvalue weighted by atomic mass is 16.2. The Hall–Kier alpha value is -0.120. The van der Waals surface area contributed by atoms with Crippen LogP contribution in [0.5, 0.6) is 0 Å². The van der Waals surface area contributed by atoms with Crippen molar-refractivity contribution < 1.29 is 5.11 Å². The van der Waals surface area contributed by atoms with Crippen LogP contribution in [0.4, 0.5) is 0 Å². The number of nitrogens with zero attached hydrogens (tertiary/aromatic N) is 1. The standard InChI is InChI=1S/C9H19N2O/c1-9(3-2-8-12)11-6-4-10-5-7-11/h10,12H,2-8H2,1H3. The summed E-state index contributed by atoms with van der Waals surface area (Å²) in [6.45, 7) is 6.91. The Morgan fingerprint density at radius 1 is 1.42 bits per heavy atom. The van der Waals surface area contributed by atoms with Gasteiger partial charge in [0.1, 0.15) is 0 Å². The average Bonchev–Trinajstić information content (AvgIpc) is 2.15. The molecular weight excluding hydrogens is 152 g/mol. The molecule has 0 atom stereocenters. The Bertz CT molecular complexity index is 113. The van der Waals surface area contributed by atoms with E-state index in [0.29, 0.717) is 6.61 Å². The molecule has 71 valence electrons. The number of rotatable bonds is 4. The maximum atomic E-state index is 8.67. The smallest absolute Gasteiger partial charge is 0.0431 e. The van der Waals surface area contributed by atoms with E-state index in [1.54, 1.807) is 0 Å². The van der Waals surface area contributed by atoms with E-state index in [1.807, 2.05) is 0 Å². The molecule has 12 heavy (non-hydrogen) atoms. The minimum absolute atomic E-state index is 0.309. The van der Waals surface area contributed by atoms with E-state index in [2.05, 4.69) is 17.1 Å². The molecule has 0 unspecified atom stereocenters. The van der Waals surface area contributed by atoms with Crippen LogP contribution in [0.25, 0.3) is 0 Å². The molecule has 1 heterocycles. The predicted octanol–water partition coefficient (Wildman–Crippen LogP) is 0.216. The first-order valence-electron chi connectivity index (χ1n) is 4.73.